The van der Waals surface area contributed by atoms with Gasteiger partial charge in [0.15, 0.2) is 5.76 Å². The molecule has 0 radical (unpaired) electrons. The molecule has 21 heavy (non-hydrogen) atoms. The summed E-state index contributed by atoms with van der Waals surface area (Å²) in [6, 6.07) is 1.89. The lowest BCUT2D eigenvalue weighted by molar-refractivity contribution is -0.124. The lowest BCUT2D eigenvalue weighted by Gasteiger charge is -2.32. The van der Waals surface area contributed by atoms with Crippen LogP contribution in [0.3, 0.4) is 0 Å². The van der Waals surface area contributed by atoms with Crippen molar-refractivity contribution in [3.63, 3.8) is 0 Å². The molecule has 2 amide bonds. The summed E-state index contributed by atoms with van der Waals surface area (Å²) in [5, 5.41) is 6.07. The van der Waals surface area contributed by atoms with Crippen LogP contribution in [0, 0.1) is 12.8 Å². The van der Waals surface area contributed by atoms with Crippen molar-refractivity contribution in [1.82, 2.24) is 10.6 Å². The van der Waals surface area contributed by atoms with Crippen LogP contribution in [-0.4, -0.2) is 23.9 Å². The molecule has 114 valence electrons. The Labute approximate surface area is 124 Å². The minimum Gasteiger partial charge on any atom is -0.456 e. The smallest absolute Gasteiger partial charge is 0.287 e. The number of rotatable bonds is 4. The van der Waals surface area contributed by atoms with Gasteiger partial charge in [-0.2, -0.15) is 0 Å². The molecule has 5 heteroatoms. The number of nitrogens with one attached hydrogen (secondary N) is 2. The number of aryl methyl sites for hydroxylation is 2. The molecule has 0 spiro atoms. The molecule has 3 rings (SSSR count). The summed E-state index contributed by atoms with van der Waals surface area (Å²) in [7, 11) is 0. The fourth-order valence-electron chi connectivity index (χ4n) is 3.11. The van der Waals surface area contributed by atoms with Gasteiger partial charge in [0.25, 0.3) is 5.91 Å². The van der Waals surface area contributed by atoms with Crippen LogP contribution in [0.4, 0.5) is 0 Å². The second-order valence-electron chi connectivity index (χ2n) is 6.12. The van der Waals surface area contributed by atoms with Gasteiger partial charge in [-0.05, 0) is 43.7 Å². The molecule has 2 fully saturated rings. The maximum absolute atomic E-state index is 12.3. The van der Waals surface area contributed by atoms with Crippen molar-refractivity contribution in [2.75, 3.05) is 0 Å². The van der Waals surface area contributed by atoms with E-state index < -0.39 is 0 Å². The molecule has 5 nitrogen and oxygen atoms in total. The van der Waals surface area contributed by atoms with E-state index in [1.165, 1.54) is 0 Å². The van der Waals surface area contributed by atoms with Crippen LogP contribution in [-0.2, 0) is 11.2 Å². The third-order valence-electron chi connectivity index (χ3n) is 4.46. The predicted octanol–water partition coefficient (Wildman–Crippen LogP) is 1.94. The SMILES string of the molecule is CCc1oc(C(=O)N[C@@H]2CCC(=O)N[C@H]2C2CC2)cc1C. The number of hydrogen-bond acceptors (Lipinski definition) is 3. The fraction of sp³-hybridized carbons (Fsp3) is 0.625. The van der Waals surface area contributed by atoms with Gasteiger partial charge in [-0.1, -0.05) is 6.92 Å². The third kappa shape index (κ3) is 2.96. The maximum Gasteiger partial charge on any atom is 0.287 e. The molecule has 0 bridgehead atoms. The lowest BCUT2D eigenvalue weighted by atomic mass is 9.94. The zero-order chi connectivity index (χ0) is 15.0. The molecule has 2 atom stereocenters. The molecule has 1 saturated heterocycles. The van der Waals surface area contributed by atoms with Crippen LogP contribution >= 0.6 is 0 Å². The predicted molar refractivity (Wildman–Crippen MR) is 78.0 cm³/mol. The van der Waals surface area contributed by atoms with E-state index in [0.29, 0.717) is 24.5 Å². The van der Waals surface area contributed by atoms with E-state index >= 15 is 0 Å². The van der Waals surface area contributed by atoms with Gasteiger partial charge in [0.05, 0.1) is 12.1 Å². The summed E-state index contributed by atoms with van der Waals surface area (Å²) in [5.74, 6) is 1.67. The summed E-state index contributed by atoms with van der Waals surface area (Å²) >= 11 is 0. The molecular weight excluding hydrogens is 268 g/mol. The Morgan fingerprint density at radius 2 is 2.19 bits per heavy atom. The van der Waals surface area contributed by atoms with Gasteiger partial charge in [-0.25, -0.2) is 0 Å². The van der Waals surface area contributed by atoms with E-state index in [0.717, 1.165) is 30.6 Å². The normalized spacial score (nSPS) is 25.5. The van der Waals surface area contributed by atoms with Crippen molar-refractivity contribution in [3.05, 3.63) is 23.2 Å². The number of furan rings is 1. The van der Waals surface area contributed by atoms with Crippen LogP contribution in [0.25, 0.3) is 0 Å². The zero-order valence-electron chi connectivity index (χ0n) is 12.6. The van der Waals surface area contributed by atoms with Crippen molar-refractivity contribution in [1.29, 1.82) is 0 Å². The number of carbonyl (C=O) groups is 2. The molecule has 2 aliphatic rings. The number of carbonyl (C=O) groups excluding carboxylic acids is 2. The second kappa shape index (κ2) is 5.54. The monoisotopic (exact) mass is 290 g/mol. The molecule has 1 aliphatic heterocycles. The largest absolute Gasteiger partial charge is 0.456 e. The van der Waals surface area contributed by atoms with Crippen molar-refractivity contribution in [3.8, 4) is 0 Å². The van der Waals surface area contributed by atoms with E-state index in [9.17, 15) is 9.59 Å². The molecule has 2 N–H and O–H groups in total. The first-order valence-corrected chi connectivity index (χ1v) is 7.78. The highest BCUT2D eigenvalue weighted by molar-refractivity contribution is 5.92. The Kier molecular flexibility index (Phi) is 3.74. The minimum atomic E-state index is -0.176. The first-order chi connectivity index (χ1) is 10.1. The Bertz CT molecular complexity index is 560. The quantitative estimate of drug-likeness (QED) is 0.890. The van der Waals surface area contributed by atoms with E-state index in [1.54, 1.807) is 6.07 Å². The van der Waals surface area contributed by atoms with Gasteiger partial charge in [-0.3, -0.25) is 9.59 Å². The summed E-state index contributed by atoms with van der Waals surface area (Å²) in [6.07, 6.45) is 4.24. The van der Waals surface area contributed by atoms with Gasteiger partial charge in [0, 0.05) is 12.8 Å². The Balaban J connectivity index is 1.69. The van der Waals surface area contributed by atoms with E-state index in [-0.39, 0.29) is 23.9 Å². The second-order valence-corrected chi connectivity index (χ2v) is 6.12. The van der Waals surface area contributed by atoms with Gasteiger partial charge >= 0.3 is 0 Å². The highest BCUT2D eigenvalue weighted by atomic mass is 16.4. The highest BCUT2D eigenvalue weighted by Gasteiger charge is 2.40. The summed E-state index contributed by atoms with van der Waals surface area (Å²) < 4.78 is 5.60. The minimum absolute atomic E-state index is 0.0122. The van der Waals surface area contributed by atoms with E-state index in [1.807, 2.05) is 13.8 Å². The van der Waals surface area contributed by atoms with Crippen molar-refractivity contribution < 1.29 is 14.0 Å². The van der Waals surface area contributed by atoms with Crippen LogP contribution in [0.5, 0.6) is 0 Å². The highest BCUT2D eigenvalue weighted by Crippen LogP contribution is 2.36. The first-order valence-electron chi connectivity index (χ1n) is 7.78. The van der Waals surface area contributed by atoms with Gasteiger partial charge < -0.3 is 15.1 Å². The fourth-order valence-corrected chi connectivity index (χ4v) is 3.11. The van der Waals surface area contributed by atoms with Gasteiger partial charge in [-0.15, -0.1) is 0 Å². The molecule has 0 aromatic carbocycles. The van der Waals surface area contributed by atoms with Gasteiger partial charge in [0.2, 0.25) is 5.91 Å². The topological polar surface area (TPSA) is 71.3 Å². The Morgan fingerprint density at radius 3 is 2.81 bits per heavy atom. The van der Waals surface area contributed by atoms with Crippen LogP contribution in [0.15, 0.2) is 10.5 Å². The third-order valence-corrected chi connectivity index (χ3v) is 4.46. The van der Waals surface area contributed by atoms with Crippen LogP contribution in [0.2, 0.25) is 0 Å². The molecule has 1 aromatic heterocycles. The summed E-state index contributed by atoms with van der Waals surface area (Å²) in [6.45, 7) is 3.96. The van der Waals surface area contributed by atoms with E-state index in [2.05, 4.69) is 10.6 Å². The summed E-state index contributed by atoms with van der Waals surface area (Å²) in [5.41, 5.74) is 1.01. The first kappa shape index (κ1) is 14.2. The van der Waals surface area contributed by atoms with Crippen molar-refractivity contribution in [2.24, 2.45) is 5.92 Å². The number of hydrogen-bond donors (Lipinski definition) is 2. The number of piperidine rings is 1. The molecule has 2 heterocycles. The molecular formula is C16H22N2O3. The van der Waals surface area contributed by atoms with Crippen LogP contribution in [0.1, 0.15) is 54.5 Å². The zero-order valence-corrected chi connectivity index (χ0v) is 12.6. The maximum atomic E-state index is 12.3. The molecule has 1 aliphatic carbocycles. The average Bonchev–Trinajstić information content (AvgIpc) is 3.23. The Hall–Kier alpha value is -1.78. The standard InChI is InChI=1S/C16H22N2O3/c1-3-12-9(2)8-13(21-12)16(20)17-11-6-7-14(19)18-15(11)10-4-5-10/h8,10-11,15H,3-7H2,1-2H3,(H,17,20)(H,18,19)/t11-,15+/m1/s1. The van der Waals surface area contributed by atoms with Crippen molar-refractivity contribution in [2.45, 2.75) is 58.0 Å². The summed E-state index contributed by atoms with van der Waals surface area (Å²) in [4.78, 5) is 23.9. The van der Waals surface area contributed by atoms with Crippen molar-refractivity contribution >= 4 is 11.8 Å². The molecule has 1 aromatic rings. The lowest BCUT2D eigenvalue weighted by Crippen LogP contribution is -2.56. The van der Waals surface area contributed by atoms with E-state index in [4.69, 9.17) is 4.42 Å². The molecule has 1 saturated carbocycles. The Morgan fingerprint density at radius 1 is 1.43 bits per heavy atom. The van der Waals surface area contributed by atoms with Crippen LogP contribution < -0.4 is 10.6 Å². The number of amides is 2. The average molecular weight is 290 g/mol. The molecule has 0 unspecified atom stereocenters. The van der Waals surface area contributed by atoms with Gasteiger partial charge in [0.1, 0.15) is 5.76 Å².